The van der Waals surface area contributed by atoms with E-state index in [1.165, 1.54) is 14.5 Å². The average Bonchev–Trinajstić information content (AvgIpc) is 3.10. The number of aromatic nitrogens is 1. The van der Waals surface area contributed by atoms with Crippen LogP contribution in [0.3, 0.4) is 0 Å². The van der Waals surface area contributed by atoms with Gasteiger partial charge in [0, 0.05) is 38.6 Å². The van der Waals surface area contributed by atoms with Gasteiger partial charge in [-0.1, -0.05) is 60.7 Å². The molecule has 0 aliphatic heterocycles. The smallest absolute Gasteiger partial charge is 0.163 e. The summed E-state index contributed by atoms with van der Waals surface area (Å²) in [4.78, 5) is 16.3. The first kappa shape index (κ1) is 17.0. The Morgan fingerprint density at radius 2 is 1.62 bits per heavy atom. The predicted molar refractivity (Wildman–Crippen MR) is 115 cm³/mol. The average molecular weight is 451 g/mol. The van der Waals surface area contributed by atoms with Gasteiger partial charge in [-0.3, -0.25) is 4.79 Å². The van der Waals surface area contributed by atoms with Gasteiger partial charge in [0.25, 0.3) is 0 Å². The number of carbonyl (C=O) groups is 1. The molecule has 4 rings (SSSR count). The molecule has 3 aromatic carbocycles. The van der Waals surface area contributed by atoms with Crippen LogP contribution in [0.5, 0.6) is 0 Å². The fourth-order valence-corrected chi connectivity index (χ4v) is 3.91. The van der Waals surface area contributed by atoms with Crippen molar-refractivity contribution in [2.24, 2.45) is 0 Å². The minimum Gasteiger partial charge on any atom is -0.361 e. The predicted octanol–water partition coefficient (Wildman–Crippen LogP) is 6.18. The molecule has 0 bridgehead atoms. The SMILES string of the molecule is O=C(CC(c1ccccc1)c1c[nH]c2ccc(I)cc12)c1ccccc1. The van der Waals surface area contributed by atoms with Crippen molar-refractivity contribution >= 4 is 39.3 Å². The lowest BCUT2D eigenvalue weighted by atomic mass is 9.85. The highest BCUT2D eigenvalue weighted by Gasteiger charge is 2.22. The Morgan fingerprint density at radius 3 is 2.35 bits per heavy atom. The number of hydrogen-bond donors (Lipinski definition) is 1. The molecule has 0 aliphatic rings. The third kappa shape index (κ3) is 3.44. The molecular formula is C23H18INO. The summed E-state index contributed by atoms with van der Waals surface area (Å²) in [6.07, 6.45) is 2.50. The van der Waals surface area contributed by atoms with Crippen LogP contribution in [0.25, 0.3) is 10.9 Å². The Morgan fingerprint density at radius 1 is 0.923 bits per heavy atom. The van der Waals surface area contributed by atoms with Gasteiger partial charge in [0.1, 0.15) is 0 Å². The van der Waals surface area contributed by atoms with Crippen molar-refractivity contribution in [3.05, 3.63) is 105 Å². The van der Waals surface area contributed by atoms with Crippen LogP contribution in [0.4, 0.5) is 0 Å². The molecule has 26 heavy (non-hydrogen) atoms. The fourth-order valence-electron chi connectivity index (χ4n) is 3.42. The van der Waals surface area contributed by atoms with Crippen molar-refractivity contribution in [3.8, 4) is 0 Å². The zero-order valence-electron chi connectivity index (χ0n) is 14.2. The molecule has 2 nitrogen and oxygen atoms in total. The number of hydrogen-bond acceptors (Lipinski definition) is 1. The molecule has 3 heteroatoms. The van der Waals surface area contributed by atoms with Crippen molar-refractivity contribution in [1.29, 1.82) is 0 Å². The van der Waals surface area contributed by atoms with Crippen molar-refractivity contribution in [2.45, 2.75) is 12.3 Å². The largest absolute Gasteiger partial charge is 0.361 e. The van der Waals surface area contributed by atoms with Crippen LogP contribution in [0.2, 0.25) is 0 Å². The van der Waals surface area contributed by atoms with Crippen LogP contribution in [0, 0.1) is 3.57 Å². The maximum Gasteiger partial charge on any atom is 0.163 e. The number of rotatable bonds is 5. The summed E-state index contributed by atoms with van der Waals surface area (Å²) in [5, 5.41) is 1.19. The second kappa shape index (κ2) is 7.46. The van der Waals surface area contributed by atoms with Crippen LogP contribution < -0.4 is 0 Å². The van der Waals surface area contributed by atoms with Crippen molar-refractivity contribution in [1.82, 2.24) is 4.98 Å². The maximum absolute atomic E-state index is 12.9. The molecule has 0 spiro atoms. The van der Waals surface area contributed by atoms with E-state index in [0.29, 0.717) is 6.42 Å². The Hall–Kier alpha value is -2.40. The molecule has 128 valence electrons. The number of nitrogens with one attached hydrogen (secondary N) is 1. The van der Waals surface area contributed by atoms with E-state index >= 15 is 0 Å². The molecule has 1 unspecified atom stereocenters. The van der Waals surface area contributed by atoms with E-state index in [2.05, 4.69) is 64.1 Å². The lowest BCUT2D eigenvalue weighted by molar-refractivity contribution is 0.0978. The van der Waals surface area contributed by atoms with Crippen LogP contribution >= 0.6 is 22.6 Å². The van der Waals surface area contributed by atoms with Gasteiger partial charge in [-0.15, -0.1) is 0 Å². The van der Waals surface area contributed by atoms with Crippen LogP contribution in [-0.4, -0.2) is 10.8 Å². The zero-order chi connectivity index (χ0) is 17.9. The van der Waals surface area contributed by atoms with Gasteiger partial charge in [0.15, 0.2) is 5.78 Å². The van der Waals surface area contributed by atoms with E-state index in [1.807, 2.05) is 48.5 Å². The molecule has 0 aliphatic carbocycles. The van der Waals surface area contributed by atoms with Crippen LogP contribution in [-0.2, 0) is 0 Å². The highest BCUT2D eigenvalue weighted by Crippen LogP contribution is 2.34. The number of Topliss-reactive ketones (excluding diaryl/α,β-unsaturated/α-hetero) is 1. The molecule has 4 aromatic rings. The molecule has 0 saturated carbocycles. The van der Waals surface area contributed by atoms with Gasteiger partial charge >= 0.3 is 0 Å². The summed E-state index contributed by atoms with van der Waals surface area (Å²) in [5.74, 6) is 0.190. The van der Waals surface area contributed by atoms with Crippen molar-refractivity contribution in [2.75, 3.05) is 0 Å². The minimum absolute atomic E-state index is 0.0239. The van der Waals surface area contributed by atoms with E-state index in [0.717, 1.165) is 16.6 Å². The molecule has 1 atom stereocenters. The number of carbonyl (C=O) groups excluding carboxylic acids is 1. The van der Waals surface area contributed by atoms with Crippen molar-refractivity contribution < 1.29 is 4.79 Å². The summed E-state index contributed by atoms with van der Waals surface area (Å²) in [5.41, 5.74) is 4.21. The second-order valence-corrected chi connectivity index (χ2v) is 7.64. The maximum atomic E-state index is 12.9. The minimum atomic E-state index is 0.0239. The number of fused-ring (bicyclic) bond motifs is 1. The molecule has 0 radical (unpaired) electrons. The van der Waals surface area contributed by atoms with Gasteiger partial charge in [-0.2, -0.15) is 0 Å². The van der Waals surface area contributed by atoms with Gasteiger partial charge in [-0.05, 0) is 51.9 Å². The normalized spacial score (nSPS) is 12.2. The summed E-state index contributed by atoms with van der Waals surface area (Å²) < 4.78 is 1.19. The highest BCUT2D eigenvalue weighted by atomic mass is 127. The lowest BCUT2D eigenvalue weighted by Gasteiger charge is -2.17. The Bertz CT molecular complexity index is 1040. The Kier molecular flexibility index (Phi) is 4.89. The second-order valence-electron chi connectivity index (χ2n) is 6.39. The standard InChI is InChI=1S/C23H18INO/c24-18-11-12-22-20(13-18)21(15-25-22)19(16-7-3-1-4-8-16)14-23(26)17-9-5-2-6-10-17/h1-13,15,19,25H,14H2. The van der Waals surface area contributed by atoms with Gasteiger partial charge in [0.2, 0.25) is 0 Å². The van der Waals surface area contributed by atoms with Gasteiger partial charge in [-0.25, -0.2) is 0 Å². The number of aromatic amines is 1. The highest BCUT2D eigenvalue weighted by molar-refractivity contribution is 14.1. The third-order valence-electron chi connectivity index (χ3n) is 4.74. The number of ketones is 1. The topological polar surface area (TPSA) is 32.9 Å². The Labute approximate surface area is 166 Å². The quantitative estimate of drug-likeness (QED) is 0.285. The summed E-state index contributed by atoms with van der Waals surface area (Å²) >= 11 is 2.33. The number of H-pyrrole nitrogens is 1. The molecule has 1 N–H and O–H groups in total. The first-order valence-corrected chi connectivity index (χ1v) is 9.70. The fraction of sp³-hybridized carbons (Fsp3) is 0.0870. The van der Waals surface area contributed by atoms with Crippen LogP contribution in [0.1, 0.15) is 33.8 Å². The van der Waals surface area contributed by atoms with E-state index in [4.69, 9.17) is 0 Å². The molecule has 0 fully saturated rings. The molecule has 0 saturated heterocycles. The van der Waals surface area contributed by atoms with Crippen LogP contribution in [0.15, 0.2) is 85.1 Å². The monoisotopic (exact) mass is 451 g/mol. The van der Waals surface area contributed by atoms with E-state index in [1.54, 1.807) is 0 Å². The first-order chi connectivity index (χ1) is 12.7. The summed E-state index contributed by atoms with van der Waals surface area (Å²) in [7, 11) is 0. The van der Waals surface area contributed by atoms with E-state index < -0.39 is 0 Å². The number of benzene rings is 3. The van der Waals surface area contributed by atoms with Gasteiger partial charge in [0.05, 0.1) is 0 Å². The third-order valence-corrected chi connectivity index (χ3v) is 5.41. The molecule has 1 aromatic heterocycles. The number of halogens is 1. The van der Waals surface area contributed by atoms with E-state index in [-0.39, 0.29) is 11.7 Å². The van der Waals surface area contributed by atoms with Crippen molar-refractivity contribution in [3.63, 3.8) is 0 Å². The van der Waals surface area contributed by atoms with E-state index in [9.17, 15) is 4.79 Å². The Balaban J connectivity index is 1.78. The molecule has 1 heterocycles. The molecule has 0 amide bonds. The summed E-state index contributed by atoms with van der Waals surface area (Å²) in [6.45, 7) is 0. The van der Waals surface area contributed by atoms with Gasteiger partial charge < -0.3 is 4.98 Å². The molecular weight excluding hydrogens is 433 g/mol. The lowest BCUT2D eigenvalue weighted by Crippen LogP contribution is -2.09. The summed E-state index contributed by atoms with van der Waals surface area (Å²) in [6, 6.07) is 26.2. The first-order valence-electron chi connectivity index (χ1n) is 8.62. The zero-order valence-corrected chi connectivity index (χ0v) is 16.3.